The lowest BCUT2D eigenvalue weighted by Gasteiger charge is -2.21. The molecule has 0 aromatic heterocycles. The first-order valence-corrected chi connectivity index (χ1v) is 8.06. The van der Waals surface area contributed by atoms with E-state index >= 15 is 0 Å². The van der Waals surface area contributed by atoms with Gasteiger partial charge in [0, 0.05) is 11.1 Å². The highest BCUT2D eigenvalue weighted by Gasteiger charge is 2.19. The lowest BCUT2D eigenvalue weighted by Crippen LogP contribution is -2.05. The number of aldehydes is 2. The minimum Gasteiger partial charge on any atom is -0.298 e. The number of carbonyl (C=O) groups is 2. The van der Waals surface area contributed by atoms with Crippen LogP contribution in [0.25, 0.3) is 5.57 Å². The van der Waals surface area contributed by atoms with Gasteiger partial charge in [0.25, 0.3) is 0 Å². The SMILES string of the molecule is C=C(c1c(C)cc(C)c(C=O)c1C)c1c(C)cc(C)c(C=O)c1C. The van der Waals surface area contributed by atoms with Gasteiger partial charge in [0.1, 0.15) is 0 Å². The van der Waals surface area contributed by atoms with Gasteiger partial charge in [-0.15, -0.1) is 0 Å². The summed E-state index contributed by atoms with van der Waals surface area (Å²) >= 11 is 0. The van der Waals surface area contributed by atoms with Crippen molar-refractivity contribution in [3.63, 3.8) is 0 Å². The Kier molecular flexibility index (Phi) is 4.88. The molecular formula is C22H24O2. The first-order valence-electron chi connectivity index (χ1n) is 8.06. The lowest BCUT2D eigenvalue weighted by molar-refractivity contribution is 0.111. The second-order valence-electron chi connectivity index (χ2n) is 6.56. The van der Waals surface area contributed by atoms with E-state index < -0.39 is 0 Å². The van der Waals surface area contributed by atoms with Gasteiger partial charge in [-0.2, -0.15) is 0 Å². The zero-order valence-electron chi connectivity index (χ0n) is 15.3. The van der Waals surface area contributed by atoms with Gasteiger partial charge in [-0.3, -0.25) is 9.59 Å². The first-order chi connectivity index (χ1) is 11.2. The molecule has 2 nitrogen and oxygen atoms in total. The highest BCUT2D eigenvalue weighted by Crippen LogP contribution is 2.35. The summed E-state index contributed by atoms with van der Waals surface area (Å²) < 4.78 is 0. The highest BCUT2D eigenvalue weighted by atomic mass is 16.1. The summed E-state index contributed by atoms with van der Waals surface area (Å²) in [5, 5.41) is 0. The third kappa shape index (κ3) is 2.73. The van der Waals surface area contributed by atoms with Crippen LogP contribution >= 0.6 is 0 Å². The molecule has 0 atom stereocenters. The van der Waals surface area contributed by atoms with Gasteiger partial charge in [0.2, 0.25) is 0 Å². The van der Waals surface area contributed by atoms with Crippen LogP contribution in [-0.4, -0.2) is 12.6 Å². The van der Waals surface area contributed by atoms with Gasteiger partial charge in [0.15, 0.2) is 12.6 Å². The van der Waals surface area contributed by atoms with Crippen molar-refractivity contribution < 1.29 is 9.59 Å². The molecule has 2 rings (SSSR count). The van der Waals surface area contributed by atoms with Crippen LogP contribution in [0.15, 0.2) is 18.7 Å². The van der Waals surface area contributed by atoms with Crippen LogP contribution in [0.5, 0.6) is 0 Å². The zero-order valence-corrected chi connectivity index (χ0v) is 15.3. The van der Waals surface area contributed by atoms with E-state index in [2.05, 4.69) is 6.58 Å². The number of carbonyl (C=O) groups excluding carboxylic acids is 2. The van der Waals surface area contributed by atoms with Crippen molar-refractivity contribution in [1.29, 1.82) is 0 Å². The smallest absolute Gasteiger partial charge is 0.150 e. The summed E-state index contributed by atoms with van der Waals surface area (Å²) in [7, 11) is 0. The third-order valence-electron chi connectivity index (χ3n) is 4.90. The van der Waals surface area contributed by atoms with E-state index in [1.165, 1.54) is 0 Å². The maximum Gasteiger partial charge on any atom is 0.150 e. The fourth-order valence-electron chi connectivity index (χ4n) is 3.82. The van der Waals surface area contributed by atoms with E-state index in [0.29, 0.717) is 0 Å². The van der Waals surface area contributed by atoms with Gasteiger partial charge in [0.05, 0.1) is 0 Å². The van der Waals surface area contributed by atoms with Crippen LogP contribution in [0.2, 0.25) is 0 Å². The van der Waals surface area contributed by atoms with Gasteiger partial charge in [-0.1, -0.05) is 18.7 Å². The molecule has 124 valence electrons. The van der Waals surface area contributed by atoms with Crippen LogP contribution in [0, 0.1) is 41.5 Å². The molecule has 0 aliphatic carbocycles. The molecule has 0 aliphatic rings. The molecule has 2 aromatic rings. The van der Waals surface area contributed by atoms with Gasteiger partial charge >= 0.3 is 0 Å². The molecule has 0 bridgehead atoms. The molecule has 2 aromatic carbocycles. The van der Waals surface area contributed by atoms with Gasteiger partial charge in [-0.25, -0.2) is 0 Å². The lowest BCUT2D eigenvalue weighted by atomic mass is 9.83. The molecule has 0 fully saturated rings. The van der Waals surface area contributed by atoms with Crippen molar-refractivity contribution in [2.75, 3.05) is 0 Å². The number of aryl methyl sites for hydroxylation is 4. The van der Waals surface area contributed by atoms with Crippen LogP contribution in [0.1, 0.15) is 65.2 Å². The number of rotatable bonds is 4. The Morgan fingerprint density at radius 1 is 0.708 bits per heavy atom. The number of hydrogen-bond acceptors (Lipinski definition) is 2. The Hall–Kier alpha value is -2.48. The Morgan fingerprint density at radius 2 is 1.04 bits per heavy atom. The Labute approximate surface area is 144 Å². The van der Waals surface area contributed by atoms with E-state index in [0.717, 1.165) is 73.8 Å². The van der Waals surface area contributed by atoms with Crippen molar-refractivity contribution in [2.24, 2.45) is 0 Å². The van der Waals surface area contributed by atoms with E-state index in [1.54, 1.807) is 0 Å². The molecule has 0 spiro atoms. The second kappa shape index (κ2) is 6.56. The number of hydrogen-bond donors (Lipinski definition) is 0. The van der Waals surface area contributed by atoms with E-state index in [4.69, 9.17) is 0 Å². The standard InChI is InChI=1S/C22H24O2/c1-12-8-14(3)21(16(5)19(12)10-23)18(7)22-15(4)9-13(2)20(11-24)17(22)6/h8-11H,7H2,1-6H3. The third-order valence-corrected chi connectivity index (χ3v) is 4.90. The van der Waals surface area contributed by atoms with Crippen LogP contribution in [0.3, 0.4) is 0 Å². The van der Waals surface area contributed by atoms with Crippen molar-refractivity contribution in [2.45, 2.75) is 41.5 Å². The first kappa shape index (κ1) is 17.9. The molecule has 24 heavy (non-hydrogen) atoms. The van der Waals surface area contributed by atoms with Crippen molar-refractivity contribution in [3.05, 3.63) is 74.3 Å². The topological polar surface area (TPSA) is 34.1 Å². The predicted octanol–water partition coefficient (Wildman–Crippen LogP) is 5.22. The maximum atomic E-state index is 11.5. The fraction of sp³-hybridized carbons (Fsp3) is 0.273. The molecule has 0 saturated heterocycles. The highest BCUT2D eigenvalue weighted by molar-refractivity contribution is 5.92. The summed E-state index contributed by atoms with van der Waals surface area (Å²) in [6.07, 6.45) is 1.82. The molecule has 0 radical (unpaired) electrons. The Morgan fingerprint density at radius 3 is 1.33 bits per heavy atom. The molecule has 0 saturated carbocycles. The molecule has 0 aliphatic heterocycles. The van der Waals surface area contributed by atoms with E-state index in [9.17, 15) is 9.59 Å². The Balaban J connectivity index is 2.80. The minimum atomic E-state index is 0.717. The van der Waals surface area contributed by atoms with E-state index in [1.807, 2.05) is 53.7 Å². The molecule has 0 amide bonds. The van der Waals surface area contributed by atoms with E-state index in [-0.39, 0.29) is 0 Å². The summed E-state index contributed by atoms with van der Waals surface area (Å²) in [6, 6.07) is 4.05. The summed E-state index contributed by atoms with van der Waals surface area (Å²) in [4.78, 5) is 22.9. The summed E-state index contributed by atoms with van der Waals surface area (Å²) in [6.45, 7) is 16.2. The average Bonchev–Trinajstić information content (AvgIpc) is 2.46. The predicted molar refractivity (Wildman–Crippen MR) is 100 cm³/mol. The number of benzene rings is 2. The van der Waals surface area contributed by atoms with Gasteiger partial charge in [-0.05, 0) is 91.6 Å². The summed E-state index contributed by atoms with van der Waals surface area (Å²) in [5.74, 6) is 0. The van der Waals surface area contributed by atoms with Crippen LogP contribution < -0.4 is 0 Å². The fourth-order valence-corrected chi connectivity index (χ4v) is 3.82. The van der Waals surface area contributed by atoms with Crippen molar-refractivity contribution in [3.8, 4) is 0 Å². The van der Waals surface area contributed by atoms with Gasteiger partial charge < -0.3 is 0 Å². The summed E-state index contributed by atoms with van der Waals surface area (Å²) in [5.41, 5.74) is 10.3. The average molecular weight is 320 g/mol. The molecular weight excluding hydrogens is 296 g/mol. The molecule has 0 unspecified atom stereocenters. The largest absolute Gasteiger partial charge is 0.298 e. The van der Waals surface area contributed by atoms with Crippen molar-refractivity contribution >= 4 is 18.1 Å². The second-order valence-corrected chi connectivity index (χ2v) is 6.56. The minimum absolute atomic E-state index is 0.717. The molecule has 0 heterocycles. The van der Waals surface area contributed by atoms with Crippen LogP contribution in [-0.2, 0) is 0 Å². The monoisotopic (exact) mass is 320 g/mol. The maximum absolute atomic E-state index is 11.5. The molecule has 0 N–H and O–H groups in total. The quantitative estimate of drug-likeness (QED) is 0.723. The normalized spacial score (nSPS) is 10.6. The Bertz CT molecular complexity index is 799. The molecule has 2 heteroatoms. The van der Waals surface area contributed by atoms with Crippen LogP contribution in [0.4, 0.5) is 0 Å². The van der Waals surface area contributed by atoms with Crippen molar-refractivity contribution in [1.82, 2.24) is 0 Å². The zero-order chi connectivity index (χ0) is 18.2.